The number of benzene rings is 2. The third kappa shape index (κ3) is 4.54. The molecule has 0 spiro atoms. The van der Waals surface area contributed by atoms with Crippen LogP contribution in [0.1, 0.15) is 21.7 Å². The molecule has 0 bridgehead atoms. The van der Waals surface area contributed by atoms with Crippen LogP contribution >= 0.6 is 0 Å². The lowest BCUT2D eigenvalue weighted by Crippen LogP contribution is -2.23. The summed E-state index contributed by atoms with van der Waals surface area (Å²) in [4.78, 5) is 23.3. The topological polar surface area (TPSA) is 103 Å². The molecule has 0 atom stereocenters. The predicted octanol–water partition coefficient (Wildman–Crippen LogP) is 3.87. The van der Waals surface area contributed by atoms with E-state index in [1.54, 1.807) is 24.3 Å². The van der Waals surface area contributed by atoms with Crippen molar-refractivity contribution >= 4 is 18.0 Å². The van der Waals surface area contributed by atoms with Gasteiger partial charge < -0.3 is 14.8 Å². The molecule has 3 rings (SSSR count). The first-order valence-electron chi connectivity index (χ1n) is 8.44. The Bertz CT molecular complexity index is 1080. The third-order valence-corrected chi connectivity index (χ3v) is 3.97. The number of nitriles is 1. The second-order valence-electron chi connectivity index (χ2n) is 5.93. The fourth-order valence-electron chi connectivity index (χ4n) is 2.56. The molecule has 1 heterocycles. The number of carbonyl (C=O) groups excluding carboxylic acids is 1. The van der Waals surface area contributed by atoms with Gasteiger partial charge in [0, 0.05) is 18.2 Å². The van der Waals surface area contributed by atoms with Crippen LogP contribution in [0.3, 0.4) is 0 Å². The number of carbonyl (C=O) groups is 2. The van der Waals surface area contributed by atoms with Crippen LogP contribution in [0.2, 0.25) is 0 Å². The SMILES string of the molecule is N#C/C(=C/c1ccc(-c2cccc(C(=O)O)c2)o1)C(=O)NCc1ccccc1. The second-order valence-corrected chi connectivity index (χ2v) is 5.93. The minimum Gasteiger partial charge on any atom is -0.478 e. The first-order chi connectivity index (χ1) is 13.6. The molecule has 0 aliphatic rings. The summed E-state index contributed by atoms with van der Waals surface area (Å²) in [6, 6.07) is 20.8. The first-order valence-corrected chi connectivity index (χ1v) is 8.44. The van der Waals surface area contributed by atoms with Crippen molar-refractivity contribution in [2.45, 2.75) is 6.54 Å². The smallest absolute Gasteiger partial charge is 0.335 e. The highest BCUT2D eigenvalue weighted by molar-refractivity contribution is 6.01. The summed E-state index contributed by atoms with van der Waals surface area (Å²) < 4.78 is 5.65. The van der Waals surface area contributed by atoms with Crippen molar-refractivity contribution in [2.24, 2.45) is 0 Å². The Labute approximate surface area is 161 Å². The summed E-state index contributed by atoms with van der Waals surface area (Å²) in [6.45, 7) is 0.310. The van der Waals surface area contributed by atoms with Crippen molar-refractivity contribution in [3.63, 3.8) is 0 Å². The van der Waals surface area contributed by atoms with Crippen LogP contribution in [0.5, 0.6) is 0 Å². The van der Waals surface area contributed by atoms with Crippen LogP contribution in [0.25, 0.3) is 17.4 Å². The highest BCUT2D eigenvalue weighted by Gasteiger charge is 2.12. The molecule has 0 aliphatic carbocycles. The van der Waals surface area contributed by atoms with E-state index in [9.17, 15) is 14.9 Å². The molecule has 0 unspecified atom stereocenters. The summed E-state index contributed by atoms with van der Waals surface area (Å²) in [5.74, 6) is -0.772. The number of carboxylic acids is 1. The molecule has 28 heavy (non-hydrogen) atoms. The number of aromatic carboxylic acids is 1. The van der Waals surface area contributed by atoms with Crippen molar-refractivity contribution in [2.75, 3.05) is 0 Å². The van der Waals surface area contributed by atoms with Gasteiger partial charge in [0.05, 0.1) is 5.56 Å². The zero-order chi connectivity index (χ0) is 19.9. The Balaban J connectivity index is 1.75. The van der Waals surface area contributed by atoms with E-state index in [1.807, 2.05) is 36.4 Å². The molecule has 3 aromatic rings. The number of amides is 1. The van der Waals surface area contributed by atoms with E-state index in [4.69, 9.17) is 9.52 Å². The second kappa shape index (κ2) is 8.52. The maximum atomic E-state index is 12.2. The van der Waals surface area contributed by atoms with Crippen LogP contribution in [0.15, 0.2) is 76.7 Å². The molecule has 0 radical (unpaired) electrons. The first kappa shape index (κ1) is 18.7. The molecule has 1 amide bonds. The molecule has 0 saturated carbocycles. The fourth-order valence-corrected chi connectivity index (χ4v) is 2.56. The summed E-state index contributed by atoms with van der Waals surface area (Å²) in [7, 11) is 0. The van der Waals surface area contributed by atoms with Gasteiger partial charge in [0.2, 0.25) is 0 Å². The maximum absolute atomic E-state index is 12.2. The van der Waals surface area contributed by atoms with E-state index in [0.717, 1.165) is 5.56 Å². The number of hydrogen-bond donors (Lipinski definition) is 2. The van der Waals surface area contributed by atoms with Crippen molar-refractivity contribution in [3.05, 3.63) is 89.2 Å². The minimum absolute atomic E-state index is 0.0869. The largest absolute Gasteiger partial charge is 0.478 e. The molecule has 2 N–H and O–H groups in total. The normalized spacial score (nSPS) is 10.9. The van der Waals surface area contributed by atoms with Crippen molar-refractivity contribution in [3.8, 4) is 17.4 Å². The van der Waals surface area contributed by atoms with Crippen molar-refractivity contribution in [1.29, 1.82) is 5.26 Å². The number of nitrogens with one attached hydrogen (secondary N) is 1. The summed E-state index contributed by atoms with van der Waals surface area (Å²) in [6.07, 6.45) is 1.35. The molecule has 6 nitrogen and oxygen atoms in total. The lowest BCUT2D eigenvalue weighted by molar-refractivity contribution is -0.117. The van der Waals surface area contributed by atoms with Gasteiger partial charge in [-0.1, -0.05) is 42.5 Å². The lowest BCUT2D eigenvalue weighted by Gasteiger charge is -2.04. The standard InChI is InChI=1S/C22H16N2O4/c23-13-18(21(25)24-14-15-5-2-1-3-6-15)12-19-9-10-20(28-19)16-7-4-8-17(11-16)22(26)27/h1-12H,14H2,(H,24,25)(H,26,27)/b18-12-. The van der Waals surface area contributed by atoms with Crippen LogP contribution in [0, 0.1) is 11.3 Å². The van der Waals surface area contributed by atoms with Gasteiger partial charge in [-0.3, -0.25) is 4.79 Å². The van der Waals surface area contributed by atoms with Crippen LogP contribution in [0.4, 0.5) is 0 Å². The predicted molar refractivity (Wildman–Crippen MR) is 103 cm³/mol. The van der Waals surface area contributed by atoms with Gasteiger partial charge in [-0.2, -0.15) is 5.26 Å². The van der Waals surface area contributed by atoms with Gasteiger partial charge in [-0.15, -0.1) is 0 Å². The molecule has 0 fully saturated rings. The Morgan fingerprint density at radius 1 is 1.07 bits per heavy atom. The Hall–Kier alpha value is -4.11. The number of hydrogen-bond acceptors (Lipinski definition) is 4. The summed E-state index contributed by atoms with van der Waals surface area (Å²) in [5, 5.41) is 21.1. The highest BCUT2D eigenvalue weighted by atomic mass is 16.4. The molecular formula is C22H16N2O4. The van der Waals surface area contributed by atoms with Crippen LogP contribution in [-0.2, 0) is 11.3 Å². The van der Waals surface area contributed by atoms with Crippen LogP contribution < -0.4 is 5.32 Å². The zero-order valence-corrected chi connectivity index (χ0v) is 14.8. The Kier molecular flexibility index (Phi) is 5.68. The zero-order valence-electron chi connectivity index (χ0n) is 14.8. The van der Waals surface area contributed by atoms with Gasteiger partial charge in [0.15, 0.2) is 0 Å². The Morgan fingerprint density at radius 2 is 1.86 bits per heavy atom. The fraction of sp³-hybridized carbons (Fsp3) is 0.0455. The van der Waals surface area contributed by atoms with Gasteiger partial charge >= 0.3 is 5.97 Å². The van der Waals surface area contributed by atoms with E-state index in [2.05, 4.69) is 5.32 Å². The number of nitrogens with zero attached hydrogens (tertiary/aromatic N) is 1. The number of rotatable bonds is 6. The average molecular weight is 372 g/mol. The number of carboxylic acid groups (broad SMARTS) is 1. The lowest BCUT2D eigenvalue weighted by atomic mass is 10.1. The van der Waals surface area contributed by atoms with Crippen molar-refractivity contribution in [1.82, 2.24) is 5.32 Å². The van der Waals surface area contributed by atoms with Gasteiger partial charge in [0.1, 0.15) is 23.2 Å². The van der Waals surface area contributed by atoms with E-state index >= 15 is 0 Å². The Morgan fingerprint density at radius 3 is 2.57 bits per heavy atom. The van der Waals surface area contributed by atoms with Gasteiger partial charge in [-0.25, -0.2) is 4.79 Å². The summed E-state index contributed by atoms with van der Waals surface area (Å²) >= 11 is 0. The quantitative estimate of drug-likeness (QED) is 0.505. The molecule has 0 saturated heterocycles. The average Bonchev–Trinajstić information content (AvgIpc) is 3.20. The monoisotopic (exact) mass is 372 g/mol. The van der Waals surface area contributed by atoms with Gasteiger partial charge in [0.25, 0.3) is 5.91 Å². The molecule has 6 heteroatoms. The molecule has 2 aromatic carbocycles. The minimum atomic E-state index is -1.03. The third-order valence-electron chi connectivity index (χ3n) is 3.97. The van der Waals surface area contributed by atoms with Crippen LogP contribution in [-0.4, -0.2) is 17.0 Å². The van der Waals surface area contributed by atoms with Crippen molar-refractivity contribution < 1.29 is 19.1 Å². The molecule has 138 valence electrons. The molecule has 0 aliphatic heterocycles. The molecular weight excluding hydrogens is 356 g/mol. The van der Waals surface area contributed by atoms with E-state index in [0.29, 0.717) is 23.6 Å². The van der Waals surface area contributed by atoms with E-state index in [-0.39, 0.29) is 11.1 Å². The summed E-state index contributed by atoms with van der Waals surface area (Å²) in [5.41, 5.74) is 1.57. The highest BCUT2D eigenvalue weighted by Crippen LogP contribution is 2.24. The molecule has 1 aromatic heterocycles. The van der Waals surface area contributed by atoms with E-state index in [1.165, 1.54) is 18.2 Å². The van der Waals surface area contributed by atoms with E-state index < -0.39 is 11.9 Å². The van der Waals surface area contributed by atoms with Gasteiger partial charge in [-0.05, 0) is 29.8 Å². The number of furan rings is 1. The maximum Gasteiger partial charge on any atom is 0.335 e.